The first kappa shape index (κ1) is 17.3. The second-order valence-corrected chi connectivity index (χ2v) is 5.54. The molecule has 0 radical (unpaired) electrons. The zero-order valence-corrected chi connectivity index (χ0v) is 12.9. The van der Waals surface area contributed by atoms with E-state index in [9.17, 15) is 18.4 Å². The molecule has 2 aromatic rings. The van der Waals surface area contributed by atoms with E-state index in [4.69, 9.17) is 4.74 Å². The molecule has 0 saturated carbocycles. The summed E-state index contributed by atoms with van der Waals surface area (Å²) in [7, 11) is 1.23. The molecule has 0 fully saturated rings. The highest BCUT2D eigenvalue weighted by atomic mass is 19.4. The maximum Gasteiger partial charge on any atom is 0.408 e. The Morgan fingerprint density at radius 2 is 1.87 bits per heavy atom. The van der Waals surface area contributed by atoms with Gasteiger partial charge in [0.05, 0.1) is 18.2 Å². The number of hydrogen-bond acceptors (Lipinski definition) is 3. The lowest BCUT2D eigenvalue weighted by molar-refractivity contribution is -0.204. The number of fused-ring (bicyclic) bond motifs is 1. The Morgan fingerprint density at radius 1 is 1.17 bits per heavy atom. The lowest BCUT2D eigenvalue weighted by atomic mass is 9.97. The summed E-state index contributed by atoms with van der Waals surface area (Å²) in [4.78, 5) is 0. The van der Waals surface area contributed by atoms with Crippen LogP contribution in [0.15, 0.2) is 36.4 Å². The van der Waals surface area contributed by atoms with Gasteiger partial charge >= 0.3 is 6.18 Å². The largest absolute Gasteiger partial charge is 0.408 e. The van der Waals surface area contributed by atoms with Crippen molar-refractivity contribution < 1.29 is 17.9 Å². The van der Waals surface area contributed by atoms with Gasteiger partial charge in [0.1, 0.15) is 5.54 Å². The van der Waals surface area contributed by atoms with E-state index in [1.165, 1.54) is 7.11 Å². The van der Waals surface area contributed by atoms with Gasteiger partial charge in [0, 0.05) is 13.7 Å². The van der Waals surface area contributed by atoms with Crippen LogP contribution in [0.5, 0.6) is 0 Å². The van der Waals surface area contributed by atoms with Gasteiger partial charge in [-0.1, -0.05) is 30.3 Å². The maximum atomic E-state index is 13.3. The molecule has 0 saturated heterocycles. The van der Waals surface area contributed by atoms with Crippen molar-refractivity contribution in [3.63, 3.8) is 0 Å². The molecule has 2 rings (SSSR count). The third kappa shape index (κ3) is 3.46. The van der Waals surface area contributed by atoms with Gasteiger partial charge in [-0.3, -0.25) is 5.32 Å². The standard InChI is InChI=1S/C17H17F3N2O/c1-16(11-23-2,17(18,19)20)22-10-15-13(9-21)8-7-12-5-3-4-6-14(12)15/h3-8,22H,10-11H2,1-2H3. The molecule has 1 N–H and O–H groups in total. The van der Waals surface area contributed by atoms with Crippen LogP contribution < -0.4 is 5.32 Å². The van der Waals surface area contributed by atoms with Crippen molar-refractivity contribution in [1.82, 2.24) is 5.32 Å². The van der Waals surface area contributed by atoms with Gasteiger partial charge in [0.15, 0.2) is 0 Å². The third-order valence-electron chi connectivity index (χ3n) is 3.88. The number of alkyl halides is 3. The van der Waals surface area contributed by atoms with Crippen LogP contribution in [0, 0.1) is 11.3 Å². The SMILES string of the molecule is COCC(C)(NCc1c(C#N)ccc2ccccc12)C(F)(F)F. The summed E-state index contributed by atoms with van der Waals surface area (Å²) >= 11 is 0. The van der Waals surface area contributed by atoms with Gasteiger partial charge in [-0.15, -0.1) is 0 Å². The quantitative estimate of drug-likeness (QED) is 0.911. The Bertz CT molecular complexity index is 737. The summed E-state index contributed by atoms with van der Waals surface area (Å²) in [6.45, 7) is 0.459. The average Bonchev–Trinajstić information content (AvgIpc) is 2.51. The van der Waals surface area contributed by atoms with E-state index in [1.54, 1.807) is 24.3 Å². The van der Waals surface area contributed by atoms with Crippen LogP contribution in [-0.2, 0) is 11.3 Å². The number of nitriles is 1. The van der Waals surface area contributed by atoms with E-state index in [0.29, 0.717) is 11.1 Å². The van der Waals surface area contributed by atoms with E-state index < -0.39 is 18.3 Å². The Labute approximate surface area is 132 Å². The first-order valence-electron chi connectivity index (χ1n) is 7.04. The second-order valence-electron chi connectivity index (χ2n) is 5.54. The van der Waals surface area contributed by atoms with E-state index in [0.717, 1.165) is 17.7 Å². The van der Waals surface area contributed by atoms with Crippen LogP contribution >= 0.6 is 0 Å². The first-order chi connectivity index (χ1) is 10.8. The van der Waals surface area contributed by atoms with Crippen LogP contribution in [0.25, 0.3) is 10.8 Å². The van der Waals surface area contributed by atoms with E-state index in [2.05, 4.69) is 5.32 Å². The lowest BCUT2D eigenvalue weighted by Crippen LogP contribution is -2.57. The Kier molecular flexibility index (Phi) is 4.93. The molecule has 0 spiro atoms. The van der Waals surface area contributed by atoms with Gasteiger partial charge in [-0.2, -0.15) is 18.4 Å². The van der Waals surface area contributed by atoms with Crippen LogP contribution in [0.2, 0.25) is 0 Å². The Morgan fingerprint density at radius 3 is 2.48 bits per heavy atom. The lowest BCUT2D eigenvalue weighted by Gasteiger charge is -2.32. The predicted octanol–water partition coefficient (Wildman–Crippen LogP) is 3.77. The summed E-state index contributed by atoms with van der Waals surface area (Å²) in [5, 5.41) is 13.4. The second kappa shape index (κ2) is 6.57. The highest BCUT2D eigenvalue weighted by Gasteiger charge is 2.51. The van der Waals surface area contributed by atoms with Crippen LogP contribution in [0.1, 0.15) is 18.1 Å². The molecule has 1 atom stereocenters. The van der Waals surface area contributed by atoms with Crippen molar-refractivity contribution in [2.75, 3.05) is 13.7 Å². The fourth-order valence-corrected chi connectivity index (χ4v) is 2.44. The van der Waals surface area contributed by atoms with E-state index >= 15 is 0 Å². The van der Waals surface area contributed by atoms with Crippen LogP contribution in [-0.4, -0.2) is 25.4 Å². The number of methoxy groups -OCH3 is 1. The van der Waals surface area contributed by atoms with Crippen LogP contribution in [0.4, 0.5) is 13.2 Å². The molecule has 0 heterocycles. The molecule has 0 aliphatic carbocycles. The molecule has 2 aromatic carbocycles. The first-order valence-corrected chi connectivity index (χ1v) is 7.04. The number of benzene rings is 2. The maximum absolute atomic E-state index is 13.3. The third-order valence-corrected chi connectivity index (χ3v) is 3.88. The minimum atomic E-state index is -4.47. The van der Waals surface area contributed by atoms with Crippen molar-refractivity contribution in [1.29, 1.82) is 5.26 Å². The molecule has 6 heteroatoms. The molecule has 0 aliphatic rings. The van der Waals surface area contributed by atoms with Crippen LogP contribution in [0.3, 0.4) is 0 Å². The number of hydrogen-bond donors (Lipinski definition) is 1. The minimum absolute atomic E-state index is 0.0797. The molecule has 0 amide bonds. The van der Waals surface area contributed by atoms with Crippen molar-refractivity contribution in [2.45, 2.75) is 25.2 Å². The topological polar surface area (TPSA) is 45.0 Å². The van der Waals surface area contributed by atoms with Gasteiger partial charge in [0.2, 0.25) is 0 Å². The smallest absolute Gasteiger partial charge is 0.382 e. The summed E-state index contributed by atoms with van der Waals surface area (Å²) in [5.74, 6) is 0. The molecule has 3 nitrogen and oxygen atoms in total. The number of ether oxygens (including phenoxy) is 1. The zero-order valence-electron chi connectivity index (χ0n) is 12.9. The van der Waals surface area contributed by atoms with Crippen molar-refractivity contribution in [2.24, 2.45) is 0 Å². The fourth-order valence-electron chi connectivity index (χ4n) is 2.44. The summed E-state index contributed by atoms with van der Waals surface area (Å²) in [6, 6.07) is 12.8. The number of nitrogens with zero attached hydrogens (tertiary/aromatic N) is 1. The number of halogens is 3. The molecule has 0 aliphatic heterocycles. The Balaban J connectivity index is 2.40. The highest BCUT2D eigenvalue weighted by molar-refractivity contribution is 5.87. The Hall–Kier alpha value is -2.10. The molecule has 23 heavy (non-hydrogen) atoms. The van der Waals surface area contributed by atoms with E-state index in [1.807, 2.05) is 18.2 Å². The van der Waals surface area contributed by atoms with E-state index in [-0.39, 0.29) is 6.54 Å². The number of nitrogens with one attached hydrogen (secondary N) is 1. The molecule has 0 aromatic heterocycles. The summed E-state index contributed by atoms with van der Waals surface area (Å²) in [5.41, 5.74) is -1.28. The van der Waals surface area contributed by atoms with Gasteiger partial charge in [-0.05, 0) is 29.3 Å². The summed E-state index contributed by atoms with van der Waals surface area (Å²) < 4.78 is 44.6. The molecular formula is C17H17F3N2O. The molecular weight excluding hydrogens is 305 g/mol. The zero-order chi connectivity index (χ0) is 17.1. The average molecular weight is 322 g/mol. The van der Waals surface area contributed by atoms with Gasteiger partial charge in [0.25, 0.3) is 0 Å². The predicted molar refractivity (Wildman–Crippen MR) is 81.8 cm³/mol. The fraction of sp³-hybridized carbons (Fsp3) is 0.353. The van der Waals surface area contributed by atoms with Gasteiger partial charge < -0.3 is 4.74 Å². The molecule has 1 unspecified atom stereocenters. The highest BCUT2D eigenvalue weighted by Crippen LogP contribution is 2.31. The minimum Gasteiger partial charge on any atom is -0.382 e. The van der Waals surface area contributed by atoms with Crippen molar-refractivity contribution in [3.8, 4) is 6.07 Å². The normalized spacial score (nSPS) is 14.4. The van der Waals surface area contributed by atoms with Crippen molar-refractivity contribution >= 4 is 10.8 Å². The van der Waals surface area contributed by atoms with Crippen molar-refractivity contribution in [3.05, 3.63) is 47.5 Å². The number of rotatable bonds is 5. The van der Waals surface area contributed by atoms with Gasteiger partial charge in [-0.25, -0.2) is 0 Å². The summed E-state index contributed by atoms with van der Waals surface area (Å²) in [6.07, 6.45) is -4.47. The molecule has 0 bridgehead atoms. The monoisotopic (exact) mass is 322 g/mol. The molecule has 122 valence electrons.